The number of likely N-dealkylation sites (tertiary alicyclic amines) is 1. The molecule has 1 saturated heterocycles. The first-order valence-electron chi connectivity index (χ1n) is 10.3. The molecule has 0 radical (unpaired) electrons. The van der Waals surface area contributed by atoms with E-state index in [1.54, 1.807) is 0 Å². The van der Waals surface area contributed by atoms with Gasteiger partial charge in [0.15, 0.2) is 5.78 Å². The molecule has 1 heterocycles. The molecule has 0 saturated carbocycles. The minimum absolute atomic E-state index is 0.0350. The first kappa shape index (κ1) is 20.1. The number of Topliss-reactive ketones (excluding diaryl/α,β-unsaturated/α-hetero) is 1. The molecule has 2 aromatic carbocycles. The normalized spacial score (nSPS) is 16.2. The number of benzene rings is 2. The van der Waals surface area contributed by atoms with Crippen molar-refractivity contribution in [3.8, 4) is 5.75 Å². The quantitative estimate of drug-likeness (QED) is 0.608. The van der Waals surface area contributed by atoms with Gasteiger partial charge in [0.2, 0.25) is 5.91 Å². The number of aryl methyl sites for hydroxylation is 1. The zero-order valence-corrected chi connectivity index (χ0v) is 16.8. The third-order valence-corrected chi connectivity index (χ3v) is 5.40. The van der Waals surface area contributed by atoms with Crippen molar-refractivity contribution in [2.45, 2.75) is 52.0 Å². The number of ether oxygens (including phenoxy) is 1. The van der Waals surface area contributed by atoms with Crippen LogP contribution in [0.4, 0.5) is 0 Å². The number of ketones is 1. The molecule has 4 nitrogen and oxygen atoms in total. The molecule has 1 unspecified atom stereocenters. The molecule has 0 aromatic heterocycles. The van der Waals surface area contributed by atoms with Gasteiger partial charge in [-0.3, -0.25) is 9.59 Å². The fourth-order valence-corrected chi connectivity index (χ4v) is 3.80. The number of hydrogen-bond donors (Lipinski definition) is 0. The average molecular weight is 380 g/mol. The van der Waals surface area contributed by atoms with Gasteiger partial charge in [-0.1, -0.05) is 43.3 Å². The lowest BCUT2D eigenvalue weighted by Crippen LogP contribution is -2.30. The predicted molar refractivity (Wildman–Crippen MR) is 111 cm³/mol. The Labute approximate surface area is 167 Å². The van der Waals surface area contributed by atoms with Crippen LogP contribution in [0.5, 0.6) is 5.75 Å². The molecule has 0 spiro atoms. The summed E-state index contributed by atoms with van der Waals surface area (Å²) in [4.78, 5) is 27.1. The summed E-state index contributed by atoms with van der Waals surface area (Å²) in [5.41, 5.74) is 3.04. The maximum atomic E-state index is 12.8. The Morgan fingerprint density at radius 3 is 2.36 bits per heavy atom. The number of hydrogen-bond acceptors (Lipinski definition) is 3. The van der Waals surface area contributed by atoms with Crippen LogP contribution in [0.2, 0.25) is 0 Å². The van der Waals surface area contributed by atoms with Gasteiger partial charge in [0, 0.05) is 24.9 Å². The van der Waals surface area contributed by atoms with Crippen LogP contribution in [0.25, 0.3) is 0 Å². The highest BCUT2D eigenvalue weighted by Crippen LogP contribution is 2.33. The molecular weight excluding hydrogens is 350 g/mol. The van der Waals surface area contributed by atoms with Crippen LogP contribution in [0.1, 0.15) is 67.1 Å². The van der Waals surface area contributed by atoms with E-state index in [1.165, 1.54) is 5.56 Å². The molecule has 3 rings (SSSR count). The third-order valence-electron chi connectivity index (χ3n) is 5.40. The highest BCUT2D eigenvalue weighted by atomic mass is 16.5. The lowest BCUT2D eigenvalue weighted by atomic mass is 10.0. The molecule has 28 heavy (non-hydrogen) atoms. The molecule has 0 bridgehead atoms. The van der Waals surface area contributed by atoms with Crippen LogP contribution in [-0.2, 0) is 11.2 Å². The summed E-state index contributed by atoms with van der Waals surface area (Å²) in [6.07, 6.45) is 3.44. The van der Waals surface area contributed by atoms with Gasteiger partial charge >= 0.3 is 0 Å². The molecule has 1 atom stereocenters. The Kier molecular flexibility index (Phi) is 6.85. The van der Waals surface area contributed by atoms with Gasteiger partial charge in [-0.25, -0.2) is 0 Å². The minimum Gasteiger partial charge on any atom is -0.494 e. The molecule has 1 amide bonds. The van der Waals surface area contributed by atoms with Crippen molar-refractivity contribution < 1.29 is 14.3 Å². The predicted octanol–water partition coefficient (Wildman–Crippen LogP) is 4.97. The SMILES string of the molecule is CCOc1ccc(C2CCCN2C(=O)CCC(=O)c2ccc(CC)cc2)cc1. The van der Waals surface area contributed by atoms with E-state index in [0.717, 1.165) is 37.1 Å². The van der Waals surface area contributed by atoms with Crippen molar-refractivity contribution in [1.82, 2.24) is 4.90 Å². The standard InChI is InChI=1S/C24H29NO3/c1-3-18-7-9-20(10-8-18)23(26)15-16-24(27)25-17-5-6-22(25)19-11-13-21(14-12-19)28-4-2/h7-14,22H,3-6,15-17H2,1-2H3. The lowest BCUT2D eigenvalue weighted by molar-refractivity contribution is -0.132. The van der Waals surface area contributed by atoms with E-state index in [4.69, 9.17) is 4.74 Å². The summed E-state index contributed by atoms with van der Waals surface area (Å²) >= 11 is 0. The Balaban J connectivity index is 1.58. The van der Waals surface area contributed by atoms with E-state index in [0.29, 0.717) is 12.2 Å². The van der Waals surface area contributed by atoms with Crippen molar-refractivity contribution in [1.29, 1.82) is 0 Å². The molecular formula is C24H29NO3. The van der Waals surface area contributed by atoms with E-state index >= 15 is 0 Å². The molecule has 148 valence electrons. The Morgan fingerprint density at radius 2 is 1.71 bits per heavy atom. The number of amides is 1. The van der Waals surface area contributed by atoms with E-state index in [1.807, 2.05) is 60.4 Å². The highest BCUT2D eigenvalue weighted by molar-refractivity contribution is 5.98. The number of nitrogens with zero attached hydrogens (tertiary/aromatic N) is 1. The maximum Gasteiger partial charge on any atom is 0.223 e. The Morgan fingerprint density at radius 1 is 1.00 bits per heavy atom. The molecule has 1 aliphatic rings. The summed E-state index contributed by atoms with van der Waals surface area (Å²) in [7, 11) is 0. The number of carbonyl (C=O) groups is 2. The van der Waals surface area contributed by atoms with Crippen molar-refractivity contribution >= 4 is 11.7 Å². The van der Waals surface area contributed by atoms with E-state index < -0.39 is 0 Å². The van der Waals surface area contributed by atoms with Crippen molar-refractivity contribution in [2.24, 2.45) is 0 Å². The van der Waals surface area contributed by atoms with Crippen molar-refractivity contribution in [2.75, 3.05) is 13.2 Å². The van der Waals surface area contributed by atoms with Gasteiger partial charge in [-0.2, -0.15) is 0 Å². The van der Waals surface area contributed by atoms with E-state index in [-0.39, 0.29) is 30.6 Å². The molecule has 2 aromatic rings. The zero-order valence-electron chi connectivity index (χ0n) is 16.8. The monoisotopic (exact) mass is 379 g/mol. The van der Waals surface area contributed by atoms with Crippen LogP contribution in [-0.4, -0.2) is 29.7 Å². The van der Waals surface area contributed by atoms with Crippen LogP contribution in [0.3, 0.4) is 0 Å². The van der Waals surface area contributed by atoms with E-state index in [9.17, 15) is 9.59 Å². The average Bonchev–Trinajstić information content (AvgIpc) is 3.22. The molecule has 4 heteroatoms. The summed E-state index contributed by atoms with van der Waals surface area (Å²) < 4.78 is 5.50. The summed E-state index contributed by atoms with van der Waals surface area (Å²) in [5, 5.41) is 0. The van der Waals surface area contributed by atoms with Crippen LogP contribution < -0.4 is 4.74 Å². The highest BCUT2D eigenvalue weighted by Gasteiger charge is 2.29. The van der Waals surface area contributed by atoms with Gasteiger partial charge in [-0.15, -0.1) is 0 Å². The first-order valence-corrected chi connectivity index (χ1v) is 10.3. The van der Waals surface area contributed by atoms with Crippen LogP contribution >= 0.6 is 0 Å². The van der Waals surface area contributed by atoms with Gasteiger partial charge in [-0.05, 0) is 49.4 Å². The molecule has 1 fully saturated rings. The largest absolute Gasteiger partial charge is 0.494 e. The fraction of sp³-hybridized carbons (Fsp3) is 0.417. The summed E-state index contributed by atoms with van der Waals surface area (Å²) in [6, 6.07) is 15.8. The molecule has 1 aliphatic heterocycles. The Bertz CT molecular complexity index is 796. The van der Waals surface area contributed by atoms with Crippen LogP contribution in [0.15, 0.2) is 48.5 Å². The van der Waals surface area contributed by atoms with Gasteiger partial charge < -0.3 is 9.64 Å². The summed E-state index contributed by atoms with van der Waals surface area (Å²) in [6.45, 7) is 5.45. The minimum atomic E-state index is 0.0350. The Hall–Kier alpha value is -2.62. The number of rotatable bonds is 8. The number of carbonyl (C=O) groups excluding carboxylic acids is 2. The van der Waals surface area contributed by atoms with Crippen molar-refractivity contribution in [3.05, 3.63) is 65.2 Å². The smallest absolute Gasteiger partial charge is 0.223 e. The second kappa shape index (κ2) is 9.54. The fourth-order valence-electron chi connectivity index (χ4n) is 3.80. The molecule has 0 aliphatic carbocycles. The van der Waals surface area contributed by atoms with E-state index in [2.05, 4.69) is 6.92 Å². The second-order valence-corrected chi connectivity index (χ2v) is 7.22. The van der Waals surface area contributed by atoms with Crippen molar-refractivity contribution in [3.63, 3.8) is 0 Å². The van der Waals surface area contributed by atoms with Gasteiger partial charge in [0.25, 0.3) is 0 Å². The van der Waals surface area contributed by atoms with Gasteiger partial charge in [0.05, 0.1) is 12.6 Å². The molecule has 0 N–H and O–H groups in total. The van der Waals surface area contributed by atoms with Gasteiger partial charge in [0.1, 0.15) is 5.75 Å². The van der Waals surface area contributed by atoms with Crippen LogP contribution in [0, 0.1) is 0 Å². The topological polar surface area (TPSA) is 46.6 Å². The first-order chi connectivity index (χ1) is 13.6. The maximum absolute atomic E-state index is 12.8. The zero-order chi connectivity index (χ0) is 19.9. The third kappa shape index (κ3) is 4.80. The summed E-state index contributed by atoms with van der Waals surface area (Å²) in [5.74, 6) is 0.949. The lowest BCUT2D eigenvalue weighted by Gasteiger charge is -2.25. The second-order valence-electron chi connectivity index (χ2n) is 7.22.